The van der Waals surface area contributed by atoms with Crippen molar-refractivity contribution in [1.29, 1.82) is 0 Å². The summed E-state index contributed by atoms with van der Waals surface area (Å²) in [7, 11) is 0. The zero-order chi connectivity index (χ0) is 7.28. The molecule has 4 heteroatoms. The van der Waals surface area contributed by atoms with E-state index in [4.69, 9.17) is 23.2 Å². The lowest BCUT2D eigenvalue weighted by atomic mass is 10.3. The summed E-state index contributed by atoms with van der Waals surface area (Å²) in [6, 6.07) is 0. The Morgan fingerprint density at radius 3 is 2.00 bits per heavy atom. The van der Waals surface area contributed by atoms with Crippen LogP contribution in [0.15, 0.2) is 0 Å². The Labute approximate surface area is 63.1 Å². The van der Waals surface area contributed by atoms with E-state index in [0.29, 0.717) is 12.8 Å². The van der Waals surface area contributed by atoms with Gasteiger partial charge < -0.3 is 0 Å². The van der Waals surface area contributed by atoms with Gasteiger partial charge in [-0.3, -0.25) is 0 Å². The molecule has 0 aliphatic rings. The van der Waals surface area contributed by atoms with Crippen molar-refractivity contribution in [3.63, 3.8) is 0 Å². The molecule has 0 bridgehead atoms. The van der Waals surface area contributed by atoms with E-state index in [2.05, 4.69) is 0 Å². The zero-order valence-corrected chi connectivity index (χ0v) is 6.30. The van der Waals surface area contributed by atoms with Gasteiger partial charge in [0.05, 0.1) is 0 Å². The second kappa shape index (κ2) is 5.24. The van der Waals surface area contributed by atoms with Crippen molar-refractivity contribution in [1.82, 2.24) is 0 Å². The van der Waals surface area contributed by atoms with Crippen LogP contribution in [0.5, 0.6) is 0 Å². The van der Waals surface area contributed by atoms with Crippen molar-refractivity contribution >= 4 is 23.2 Å². The summed E-state index contributed by atoms with van der Waals surface area (Å²) < 4.78 is 22.8. The van der Waals surface area contributed by atoms with E-state index < -0.39 is 11.3 Å². The minimum Gasteiger partial charge on any atom is -0.211 e. The largest absolute Gasteiger partial charge is 0.238 e. The fraction of sp³-hybridized carbons (Fsp3) is 1.00. The Balaban J connectivity index is 2.91. The predicted molar refractivity (Wildman–Crippen MR) is 35.3 cm³/mol. The zero-order valence-electron chi connectivity index (χ0n) is 4.79. The standard InChI is InChI=1S/C5H8Cl2F2/c6-4(7)2-1-3-5(8)9/h4-5H,1-3H2. The molecule has 0 spiro atoms. The third-order valence-electron chi connectivity index (χ3n) is 0.845. The minimum absolute atomic E-state index is 0.101. The highest BCUT2D eigenvalue weighted by Gasteiger charge is 2.03. The fourth-order valence-corrected chi connectivity index (χ4v) is 0.735. The molecule has 0 aromatic carbocycles. The molecule has 0 aromatic heterocycles. The topological polar surface area (TPSA) is 0 Å². The van der Waals surface area contributed by atoms with Gasteiger partial charge in [0, 0.05) is 6.42 Å². The number of rotatable bonds is 4. The number of hydrogen-bond donors (Lipinski definition) is 0. The molecular weight excluding hydrogens is 169 g/mol. The summed E-state index contributed by atoms with van der Waals surface area (Å²) in [4.78, 5) is -0.497. The molecule has 0 rings (SSSR count). The predicted octanol–water partition coefficient (Wildman–Crippen LogP) is 3.23. The molecule has 0 aliphatic carbocycles. The number of alkyl halides is 4. The van der Waals surface area contributed by atoms with E-state index in [0.717, 1.165) is 0 Å². The van der Waals surface area contributed by atoms with E-state index >= 15 is 0 Å². The Morgan fingerprint density at radius 1 is 1.11 bits per heavy atom. The van der Waals surface area contributed by atoms with Crippen LogP contribution in [0.25, 0.3) is 0 Å². The average Bonchev–Trinajstić information content (AvgIpc) is 1.63. The minimum atomic E-state index is -2.22. The Hall–Kier alpha value is 0.440. The molecule has 0 saturated carbocycles. The van der Waals surface area contributed by atoms with Gasteiger partial charge >= 0.3 is 0 Å². The quantitative estimate of drug-likeness (QED) is 0.578. The van der Waals surface area contributed by atoms with Gasteiger partial charge in [-0.2, -0.15) is 0 Å². The summed E-state index contributed by atoms with van der Waals surface area (Å²) >= 11 is 10.6. The lowest BCUT2D eigenvalue weighted by Crippen LogP contribution is -1.92. The summed E-state index contributed by atoms with van der Waals surface area (Å²) in [6.07, 6.45) is -1.48. The van der Waals surface area contributed by atoms with Crippen molar-refractivity contribution in [3.05, 3.63) is 0 Å². The fourth-order valence-electron chi connectivity index (χ4n) is 0.426. The summed E-state index contributed by atoms with van der Waals surface area (Å²) in [5, 5.41) is 0. The van der Waals surface area contributed by atoms with E-state index in [9.17, 15) is 8.78 Å². The molecule has 0 N–H and O–H groups in total. The summed E-state index contributed by atoms with van der Waals surface area (Å²) in [5.74, 6) is 0. The van der Waals surface area contributed by atoms with Crippen LogP contribution in [0.4, 0.5) is 8.78 Å². The van der Waals surface area contributed by atoms with Crippen LogP contribution >= 0.6 is 23.2 Å². The first kappa shape index (κ1) is 9.44. The monoisotopic (exact) mass is 176 g/mol. The molecule has 0 fully saturated rings. The second-order valence-corrected chi connectivity index (χ2v) is 2.99. The highest BCUT2D eigenvalue weighted by atomic mass is 35.5. The van der Waals surface area contributed by atoms with Gasteiger partial charge in [-0.25, -0.2) is 8.78 Å². The van der Waals surface area contributed by atoms with Crippen LogP contribution in [0.1, 0.15) is 19.3 Å². The molecule has 0 saturated heterocycles. The summed E-state index contributed by atoms with van der Waals surface area (Å²) in [5.41, 5.74) is 0. The van der Waals surface area contributed by atoms with Gasteiger partial charge in [0.1, 0.15) is 4.84 Å². The first-order chi connectivity index (χ1) is 4.13. The van der Waals surface area contributed by atoms with E-state index in [1.807, 2.05) is 0 Å². The van der Waals surface area contributed by atoms with Crippen LogP contribution in [0.2, 0.25) is 0 Å². The highest BCUT2D eigenvalue weighted by Crippen LogP contribution is 2.13. The highest BCUT2D eigenvalue weighted by molar-refractivity contribution is 6.44. The Kier molecular flexibility index (Phi) is 5.50. The third-order valence-corrected chi connectivity index (χ3v) is 1.28. The molecule has 0 aliphatic heterocycles. The molecular formula is C5H8Cl2F2. The molecule has 0 atom stereocenters. The van der Waals surface area contributed by atoms with E-state index in [1.54, 1.807) is 0 Å². The van der Waals surface area contributed by atoms with Crippen molar-refractivity contribution in [2.45, 2.75) is 30.5 Å². The molecule has 0 amide bonds. The molecule has 56 valence electrons. The van der Waals surface area contributed by atoms with E-state index in [-0.39, 0.29) is 6.42 Å². The van der Waals surface area contributed by atoms with Gasteiger partial charge in [0.2, 0.25) is 6.43 Å². The van der Waals surface area contributed by atoms with Crippen LogP contribution in [0, 0.1) is 0 Å². The average molecular weight is 177 g/mol. The van der Waals surface area contributed by atoms with Gasteiger partial charge in [-0.1, -0.05) is 0 Å². The molecule has 0 unspecified atom stereocenters. The van der Waals surface area contributed by atoms with Crippen molar-refractivity contribution in [3.8, 4) is 0 Å². The molecule has 0 nitrogen and oxygen atoms in total. The van der Waals surface area contributed by atoms with Crippen molar-refractivity contribution < 1.29 is 8.78 Å². The molecule has 0 aromatic rings. The molecule has 9 heavy (non-hydrogen) atoms. The maximum atomic E-state index is 11.4. The van der Waals surface area contributed by atoms with Gasteiger partial charge in [0.25, 0.3) is 0 Å². The lowest BCUT2D eigenvalue weighted by Gasteiger charge is -1.98. The van der Waals surface area contributed by atoms with Crippen LogP contribution in [-0.2, 0) is 0 Å². The Bertz CT molecular complexity index is 58.0. The second-order valence-electron chi connectivity index (χ2n) is 1.71. The number of halogens is 4. The van der Waals surface area contributed by atoms with Gasteiger partial charge in [0.15, 0.2) is 0 Å². The van der Waals surface area contributed by atoms with Crippen molar-refractivity contribution in [2.75, 3.05) is 0 Å². The molecule has 0 radical (unpaired) electrons. The SMILES string of the molecule is FC(F)CCCC(Cl)Cl. The summed E-state index contributed by atoms with van der Waals surface area (Å²) in [6.45, 7) is 0. The van der Waals surface area contributed by atoms with Crippen molar-refractivity contribution in [2.24, 2.45) is 0 Å². The first-order valence-corrected chi connectivity index (χ1v) is 3.56. The first-order valence-electron chi connectivity index (χ1n) is 2.69. The number of hydrogen-bond acceptors (Lipinski definition) is 0. The van der Waals surface area contributed by atoms with E-state index in [1.165, 1.54) is 0 Å². The van der Waals surface area contributed by atoms with Crippen LogP contribution < -0.4 is 0 Å². The normalized spacial score (nSPS) is 11.3. The van der Waals surface area contributed by atoms with Gasteiger partial charge in [-0.15, -0.1) is 23.2 Å². The molecule has 0 heterocycles. The smallest absolute Gasteiger partial charge is 0.211 e. The van der Waals surface area contributed by atoms with Gasteiger partial charge in [-0.05, 0) is 12.8 Å². The maximum Gasteiger partial charge on any atom is 0.238 e. The maximum absolute atomic E-state index is 11.4. The lowest BCUT2D eigenvalue weighted by molar-refractivity contribution is 0.134. The van der Waals surface area contributed by atoms with Crippen LogP contribution in [-0.4, -0.2) is 11.3 Å². The van der Waals surface area contributed by atoms with Crippen LogP contribution in [0.3, 0.4) is 0 Å². The third kappa shape index (κ3) is 8.44. The Morgan fingerprint density at radius 2 is 1.67 bits per heavy atom.